The van der Waals surface area contributed by atoms with Crippen LogP contribution in [0.2, 0.25) is 0 Å². The molecule has 0 aliphatic carbocycles. The van der Waals surface area contributed by atoms with Gasteiger partial charge in [0.25, 0.3) is 0 Å². The highest BCUT2D eigenvalue weighted by Gasteiger charge is 2.24. The molecule has 2 heterocycles. The number of esters is 1. The molecule has 3 aromatic rings. The van der Waals surface area contributed by atoms with Crippen LogP contribution in [0.1, 0.15) is 28.5 Å². The lowest BCUT2D eigenvalue weighted by atomic mass is 10.0. The van der Waals surface area contributed by atoms with Crippen molar-refractivity contribution in [2.24, 2.45) is 0 Å². The van der Waals surface area contributed by atoms with E-state index in [0.29, 0.717) is 31.0 Å². The molecule has 0 bridgehead atoms. The van der Waals surface area contributed by atoms with Gasteiger partial charge in [0, 0.05) is 46.6 Å². The smallest absolute Gasteiger partial charge is 0.337 e. The minimum Gasteiger partial charge on any atom is -0.494 e. The van der Waals surface area contributed by atoms with Crippen LogP contribution in [0.15, 0.2) is 47.4 Å². The number of rotatable bonds is 6. The number of nitrogens with zero attached hydrogens (tertiary/aromatic N) is 1. The Bertz CT molecular complexity index is 1070. The standard InChI is InChI=1S/C23H24N2O4S/c1-3-29-16-5-7-17(8-6-16)30-14-22(26)25-11-10-21-19(13-25)18-12-15(23(27)28-2)4-9-20(18)24-21/h4-9,12,24H,3,10-11,13-14H2,1-2H3. The van der Waals surface area contributed by atoms with Gasteiger partial charge in [-0.25, -0.2) is 4.79 Å². The Kier molecular flexibility index (Phi) is 5.99. The highest BCUT2D eigenvalue weighted by molar-refractivity contribution is 8.00. The number of aromatic nitrogens is 1. The largest absolute Gasteiger partial charge is 0.494 e. The highest BCUT2D eigenvalue weighted by atomic mass is 32.2. The number of benzene rings is 2. The predicted molar refractivity (Wildman–Crippen MR) is 117 cm³/mol. The Morgan fingerprint density at radius 1 is 1.17 bits per heavy atom. The molecule has 0 atom stereocenters. The molecule has 7 heteroatoms. The maximum Gasteiger partial charge on any atom is 0.337 e. The van der Waals surface area contributed by atoms with Gasteiger partial charge < -0.3 is 19.4 Å². The molecule has 1 amide bonds. The number of nitrogens with one attached hydrogen (secondary N) is 1. The normalized spacial score (nSPS) is 13.2. The van der Waals surface area contributed by atoms with E-state index in [-0.39, 0.29) is 11.9 Å². The molecular formula is C23H24N2O4S. The fraction of sp³-hybridized carbons (Fsp3) is 0.304. The molecule has 0 spiro atoms. The number of fused-ring (bicyclic) bond motifs is 3. The van der Waals surface area contributed by atoms with Crippen molar-refractivity contribution in [3.63, 3.8) is 0 Å². The van der Waals surface area contributed by atoms with Gasteiger partial charge in [0.2, 0.25) is 5.91 Å². The average Bonchev–Trinajstić information content (AvgIpc) is 3.15. The predicted octanol–water partition coefficient (Wildman–Crippen LogP) is 4.03. The zero-order valence-corrected chi connectivity index (χ0v) is 17.9. The van der Waals surface area contributed by atoms with Crippen molar-refractivity contribution in [2.45, 2.75) is 24.8 Å². The van der Waals surface area contributed by atoms with Crippen LogP contribution in [0, 0.1) is 0 Å². The van der Waals surface area contributed by atoms with E-state index in [2.05, 4.69) is 4.98 Å². The lowest BCUT2D eigenvalue weighted by Crippen LogP contribution is -2.36. The summed E-state index contributed by atoms with van der Waals surface area (Å²) >= 11 is 1.53. The molecule has 2 aromatic carbocycles. The first-order chi connectivity index (χ1) is 14.6. The van der Waals surface area contributed by atoms with Gasteiger partial charge in [0.1, 0.15) is 5.75 Å². The molecule has 0 saturated carbocycles. The third-order valence-corrected chi connectivity index (χ3v) is 6.24. The zero-order valence-electron chi connectivity index (χ0n) is 17.1. The van der Waals surface area contributed by atoms with Gasteiger partial charge >= 0.3 is 5.97 Å². The van der Waals surface area contributed by atoms with E-state index in [0.717, 1.165) is 39.2 Å². The van der Waals surface area contributed by atoms with E-state index in [1.165, 1.54) is 18.9 Å². The molecule has 156 valence electrons. The molecule has 0 saturated heterocycles. The maximum atomic E-state index is 12.8. The van der Waals surface area contributed by atoms with Crippen LogP contribution < -0.4 is 4.74 Å². The van der Waals surface area contributed by atoms with Gasteiger partial charge in [0.15, 0.2) is 0 Å². The van der Waals surface area contributed by atoms with Crippen LogP contribution in [-0.2, 0) is 22.5 Å². The number of amides is 1. The van der Waals surface area contributed by atoms with E-state index < -0.39 is 0 Å². The topological polar surface area (TPSA) is 71.6 Å². The Morgan fingerprint density at radius 2 is 1.97 bits per heavy atom. The van der Waals surface area contributed by atoms with Gasteiger partial charge in [-0.2, -0.15) is 0 Å². The molecule has 0 unspecified atom stereocenters. The van der Waals surface area contributed by atoms with E-state index in [4.69, 9.17) is 9.47 Å². The van der Waals surface area contributed by atoms with E-state index in [1.54, 1.807) is 6.07 Å². The molecule has 1 aromatic heterocycles. The van der Waals surface area contributed by atoms with Crippen LogP contribution in [0.25, 0.3) is 10.9 Å². The third-order valence-electron chi connectivity index (χ3n) is 5.25. The van der Waals surface area contributed by atoms with Crippen molar-refractivity contribution in [3.8, 4) is 5.75 Å². The van der Waals surface area contributed by atoms with Crippen molar-refractivity contribution in [3.05, 3.63) is 59.3 Å². The molecular weight excluding hydrogens is 400 g/mol. The minimum atomic E-state index is -0.359. The summed E-state index contributed by atoms with van der Waals surface area (Å²) in [5.74, 6) is 0.974. The fourth-order valence-electron chi connectivity index (χ4n) is 3.71. The Labute approximate surface area is 179 Å². The molecule has 0 radical (unpaired) electrons. The number of methoxy groups -OCH3 is 1. The van der Waals surface area contributed by atoms with E-state index >= 15 is 0 Å². The fourth-order valence-corrected chi connectivity index (χ4v) is 4.51. The van der Waals surface area contributed by atoms with Crippen molar-refractivity contribution >= 4 is 34.5 Å². The highest BCUT2D eigenvalue weighted by Crippen LogP contribution is 2.30. The molecule has 1 N–H and O–H groups in total. The van der Waals surface area contributed by atoms with Crippen molar-refractivity contribution in [1.29, 1.82) is 0 Å². The maximum absolute atomic E-state index is 12.8. The number of H-pyrrole nitrogens is 1. The van der Waals surface area contributed by atoms with Gasteiger partial charge in [-0.15, -0.1) is 11.8 Å². The number of aromatic amines is 1. The third kappa shape index (κ3) is 4.16. The first-order valence-electron chi connectivity index (χ1n) is 9.94. The number of carbonyl (C=O) groups is 2. The summed E-state index contributed by atoms with van der Waals surface area (Å²) < 4.78 is 10.3. The SMILES string of the molecule is CCOc1ccc(SCC(=O)N2CCc3[nH]c4ccc(C(=O)OC)cc4c3C2)cc1. The summed E-state index contributed by atoms with van der Waals surface area (Å²) in [5, 5.41) is 0.976. The molecule has 0 fully saturated rings. The van der Waals surface area contributed by atoms with Gasteiger partial charge in [0.05, 0.1) is 25.0 Å². The average molecular weight is 425 g/mol. The quantitative estimate of drug-likeness (QED) is 0.478. The molecule has 1 aliphatic rings. The van der Waals surface area contributed by atoms with Crippen molar-refractivity contribution < 1.29 is 19.1 Å². The molecule has 6 nitrogen and oxygen atoms in total. The summed E-state index contributed by atoms with van der Waals surface area (Å²) in [7, 11) is 1.38. The summed E-state index contributed by atoms with van der Waals surface area (Å²) in [4.78, 5) is 31.1. The molecule has 1 aliphatic heterocycles. The lowest BCUT2D eigenvalue weighted by molar-refractivity contribution is -0.129. The van der Waals surface area contributed by atoms with E-state index in [9.17, 15) is 9.59 Å². The van der Waals surface area contributed by atoms with Crippen LogP contribution in [0.4, 0.5) is 0 Å². The summed E-state index contributed by atoms with van der Waals surface area (Å²) in [5.41, 5.74) is 3.71. The number of hydrogen-bond donors (Lipinski definition) is 1. The van der Waals surface area contributed by atoms with Gasteiger partial charge in [-0.05, 0) is 49.4 Å². The number of ether oxygens (including phenoxy) is 2. The Morgan fingerprint density at radius 3 is 2.70 bits per heavy atom. The lowest BCUT2D eigenvalue weighted by Gasteiger charge is -2.27. The van der Waals surface area contributed by atoms with Crippen LogP contribution in [0.3, 0.4) is 0 Å². The van der Waals surface area contributed by atoms with Gasteiger partial charge in [-0.1, -0.05) is 0 Å². The number of hydrogen-bond acceptors (Lipinski definition) is 5. The summed E-state index contributed by atoms with van der Waals surface area (Å²) in [6.07, 6.45) is 0.775. The zero-order chi connectivity index (χ0) is 21.1. The minimum absolute atomic E-state index is 0.109. The Hall–Kier alpha value is -2.93. The first kappa shape index (κ1) is 20.3. The number of carbonyl (C=O) groups excluding carboxylic acids is 2. The Balaban J connectivity index is 1.45. The van der Waals surface area contributed by atoms with Gasteiger partial charge in [-0.3, -0.25) is 4.79 Å². The summed E-state index contributed by atoms with van der Waals surface area (Å²) in [6.45, 7) is 3.82. The monoisotopic (exact) mass is 424 g/mol. The number of thioether (sulfide) groups is 1. The van der Waals surface area contributed by atoms with Crippen LogP contribution in [-0.4, -0.2) is 47.8 Å². The first-order valence-corrected chi connectivity index (χ1v) is 10.9. The van der Waals surface area contributed by atoms with E-state index in [1.807, 2.05) is 48.2 Å². The van der Waals surface area contributed by atoms with Crippen molar-refractivity contribution in [2.75, 3.05) is 26.0 Å². The second kappa shape index (κ2) is 8.83. The summed E-state index contributed by atoms with van der Waals surface area (Å²) in [6, 6.07) is 13.3. The van der Waals surface area contributed by atoms with Crippen LogP contribution in [0.5, 0.6) is 5.75 Å². The molecule has 30 heavy (non-hydrogen) atoms. The molecule has 4 rings (SSSR count). The van der Waals surface area contributed by atoms with Crippen LogP contribution >= 0.6 is 11.8 Å². The second-order valence-corrected chi connectivity index (χ2v) is 8.14. The van der Waals surface area contributed by atoms with Crippen molar-refractivity contribution in [1.82, 2.24) is 9.88 Å². The second-order valence-electron chi connectivity index (χ2n) is 7.09.